The van der Waals surface area contributed by atoms with Crippen molar-refractivity contribution >= 4 is 17.9 Å². The maximum Gasteiger partial charge on any atom is 0.306 e. The molecule has 0 bridgehead atoms. The van der Waals surface area contributed by atoms with E-state index >= 15 is 0 Å². The van der Waals surface area contributed by atoms with Gasteiger partial charge in [-0.05, 0) is 77.0 Å². The van der Waals surface area contributed by atoms with E-state index in [2.05, 4.69) is 57.2 Å². The molecule has 0 aliphatic rings. The summed E-state index contributed by atoms with van der Waals surface area (Å²) >= 11 is 0. The minimum atomic E-state index is -0.770. The van der Waals surface area contributed by atoms with Crippen molar-refractivity contribution in [1.82, 2.24) is 0 Å². The molecule has 0 amide bonds. The van der Waals surface area contributed by atoms with E-state index in [0.29, 0.717) is 19.3 Å². The fourth-order valence-electron chi connectivity index (χ4n) is 10.4. The molecular formula is C71H132O6. The lowest BCUT2D eigenvalue weighted by Gasteiger charge is -2.18. The normalized spacial score (nSPS) is 12.2. The minimum absolute atomic E-state index is 0.0673. The predicted molar refractivity (Wildman–Crippen MR) is 335 cm³/mol. The van der Waals surface area contributed by atoms with Gasteiger partial charge in [0.2, 0.25) is 0 Å². The van der Waals surface area contributed by atoms with Crippen LogP contribution in [0.2, 0.25) is 0 Å². The number of allylic oxidation sites excluding steroid dienone is 6. The summed E-state index contributed by atoms with van der Waals surface area (Å²) in [6.07, 6.45) is 81.7. The van der Waals surface area contributed by atoms with E-state index in [1.165, 1.54) is 276 Å². The fourth-order valence-corrected chi connectivity index (χ4v) is 10.4. The number of carbonyl (C=O) groups excluding carboxylic acids is 3. The van der Waals surface area contributed by atoms with Gasteiger partial charge in [-0.25, -0.2) is 0 Å². The third kappa shape index (κ3) is 64.3. The van der Waals surface area contributed by atoms with Crippen molar-refractivity contribution < 1.29 is 28.6 Å². The molecule has 0 fully saturated rings. The van der Waals surface area contributed by atoms with Gasteiger partial charge in [-0.1, -0.05) is 320 Å². The number of rotatable bonds is 64. The zero-order chi connectivity index (χ0) is 55.7. The Bertz CT molecular complexity index is 1290. The Balaban J connectivity index is 4.15. The third-order valence-electron chi connectivity index (χ3n) is 15.6. The second kappa shape index (κ2) is 66.1. The largest absolute Gasteiger partial charge is 0.462 e. The number of ether oxygens (including phenoxy) is 3. The van der Waals surface area contributed by atoms with Gasteiger partial charge >= 0.3 is 17.9 Å². The molecule has 0 saturated heterocycles. The summed E-state index contributed by atoms with van der Waals surface area (Å²) < 4.78 is 17.0. The summed E-state index contributed by atoms with van der Waals surface area (Å²) in [6, 6.07) is 0. The Morgan fingerprint density at radius 1 is 0.260 bits per heavy atom. The van der Waals surface area contributed by atoms with Crippen LogP contribution in [0.4, 0.5) is 0 Å². The highest BCUT2D eigenvalue weighted by Crippen LogP contribution is 2.18. The van der Waals surface area contributed by atoms with Gasteiger partial charge < -0.3 is 14.2 Å². The second-order valence-electron chi connectivity index (χ2n) is 23.4. The molecule has 452 valence electrons. The zero-order valence-electron chi connectivity index (χ0n) is 52.0. The summed E-state index contributed by atoms with van der Waals surface area (Å²) in [4.78, 5) is 38.3. The average Bonchev–Trinajstić information content (AvgIpc) is 3.43. The second-order valence-corrected chi connectivity index (χ2v) is 23.4. The van der Waals surface area contributed by atoms with Gasteiger partial charge in [-0.2, -0.15) is 0 Å². The van der Waals surface area contributed by atoms with Gasteiger partial charge in [0.15, 0.2) is 6.10 Å². The number of esters is 3. The standard InChI is InChI=1S/C71H132O6/c1-4-7-10-13-16-19-22-24-26-28-30-31-32-33-34-35-36-37-38-39-41-42-44-46-49-52-55-58-61-64-70(73)76-67-68(66-75-69(72)63-60-57-54-51-48-21-18-15-12-9-6-3)77-71(74)65-62-59-56-53-50-47-45-43-40-29-27-25-23-20-17-14-11-8-5-2/h22,24-25,27-28,30,68H,4-21,23,26,29,31-67H2,1-3H3/b24-22-,27-25-,30-28-. The SMILES string of the molecule is CCCCCCC/C=C\C/C=C\CCCCCCCCCCCCCCCCCCCC(=O)OCC(COC(=O)CCCCCCCCCCCCC)OC(=O)CCCCCCCCCCC/C=C\CCCCCCCC. The maximum absolute atomic E-state index is 12.9. The molecule has 0 radical (unpaired) electrons. The van der Waals surface area contributed by atoms with Gasteiger partial charge in [0.1, 0.15) is 13.2 Å². The number of unbranched alkanes of at least 4 members (excludes halogenated alkanes) is 47. The molecule has 1 unspecified atom stereocenters. The molecule has 0 heterocycles. The van der Waals surface area contributed by atoms with E-state index in [0.717, 1.165) is 64.2 Å². The highest BCUT2D eigenvalue weighted by atomic mass is 16.6. The van der Waals surface area contributed by atoms with Crippen LogP contribution in [-0.2, 0) is 28.6 Å². The van der Waals surface area contributed by atoms with Crippen molar-refractivity contribution in [2.75, 3.05) is 13.2 Å². The molecule has 0 aromatic carbocycles. The number of carbonyl (C=O) groups is 3. The van der Waals surface area contributed by atoms with Crippen molar-refractivity contribution in [3.8, 4) is 0 Å². The molecular weight excluding hydrogens is 949 g/mol. The van der Waals surface area contributed by atoms with Crippen LogP contribution in [0.25, 0.3) is 0 Å². The number of hydrogen-bond donors (Lipinski definition) is 0. The third-order valence-corrected chi connectivity index (χ3v) is 15.6. The zero-order valence-corrected chi connectivity index (χ0v) is 52.0. The lowest BCUT2D eigenvalue weighted by Crippen LogP contribution is -2.30. The molecule has 0 aromatic heterocycles. The minimum Gasteiger partial charge on any atom is -0.462 e. The summed E-state index contributed by atoms with van der Waals surface area (Å²) in [5, 5.41) is 0. The van der Waals surface area contributed by atoms with E-state index in [1.807, 2.05) is 0 Å². The fraction of sp³-hybridized carbons (Fsp3) is 0.873. The summed E-state index contributed by atoms with van der Waals surface area (Å²) in [5.41, 5.74) is 0. The first-order chi connectivity index (χ1) is 38.0. The Kier molecular flexibility index (Phi) is 64.1. The van der Waals surface area contributed by atoms with Crippen LogP contribution in [0.15, 0.2) is 36.5 Å². The molecule has 0 aliphatic carbocycles. The van der Waals surface area contributed by atoms with Crippen LogP contribution in [0.5, 0.6) is 0 Å². The molecule has 0 spiro atoms. The van der Waals surface area contributed by atoms with Crippen LogP contribution in [0, 0.1) is 0 Å². The van der Waals surface area contributed by atoms with Crippen LogP contribution in [-0.4, -0.2) is 37.2 Å². The quantitative estimate of drug-likeness (QED) is 0.0261. The highest BCUT2D eigenvalue weighted by molar-refractivity contribution is 5.71. The molecule has 0 aromatic rings. The molecule has 0 N–H and O–H groups in total. The topological polar surface area (TPSA) is 78.9 Å². The Morgan fingerprint density at radius 3 is 0.727 bits per heavy atom. The van der Waals surface area contributed by atoms with E-state index < -0.39 is 6.10 Å². The van der Waals surface area contributed by atoms with Gasteiger partial charge in [0, 0.05) is 19.3 Å². The van der Waals surface area contributed by atoms with Crippen LogP contribution < -0.4 is 0 Å². The Hall–Kier alpha value is -2.37. The van der Waals surface area contributed by atoms with Crippen LogP contribution in [0.1, 0.15) is 380 Å². The molecule has 77 heavy (non-hydrogen) atoms. The van der Waals surface area contributed by atoms with Crippen molar-refractivity contribution in [2.45, 2.75) is 386 Å². The van der Waals surface area contributed by atoms with E-state index in [9.17, 15) is 14.4 Å². The molecule has 1 atom stereocenters. The Morgan fingerprint density at radius 2 is 0.468 bits per heavy atom. The molecule has 6 nitrogen and oxygen atoms in total. The van der Waals surface area contributed by atoms with Gasteiger partial charge in [-0.15, -0.1) is 0 Å². The lowest BCUT2D eigenvalue weighted by atomic mass is 10.0. The van der Waals surface area contributed by atoms with Crippen molar-refractivity contribution in [2.24, 2.45) is 0 Å². The van der Waals surface area contributed by atoms with Gasteiger partial charge in [0.05, 0.1) is 0 Å². The van der Waals surface area contributed by atoms with E-state index in [-0.39, 0.29) is 31.1 Å². The number of hydrogen-bond acceptors (Lipinski definition) is 6. The summed E-state index contributed by atoms with van der Waals surface area (Å²) in [5.74, 6) is -0.844. The van der Waals surface area contributed by atoms with Crippen LogP contribution >= 0.6 is 0 Å². The molecule has 0 saturated carbocycles. The monoisotopic (exact) mass is 1080 g/mol. The highest BCUT2D eigenvalue weighted by Gasteiger charge is 2.19. The molecule has 0 rings (SSSR count). The summed E-state index contributed by atoms with van der Waals surface area (Å²) in [7, 11) is 0. The van der Waals surface area contributed by atoms with E-state index in [4.69, 9.17) is 14.2 Å². The van der Waals surface area contributed by atoms with Gasteiger partial charge in [-0.3, -0.25) is 14.4 Å². The maximum atomic E-state index is 12.9. The lowest BCUT2D eigenvalue weighted by molar-refractivity contribution is -0.167. The molecule has 6 heteroatoms. The first-order valence-corrected chi connectivity index (χ1v) is 34.5. The first kappa shape index (κ1) is 74.6. The Labute approximate surface area is 480 Å². The molecule has 0 aliphatic heterocycles. The smallest absolute Gasteiger partial charge is 0.306 e. The van der Waals surface area contributed by atoms with Crippen LogP contribution in [0.3, 0.4) is 0 Å². The van der Waals surface area contributed by atoms with Crippen molar-refractivity contribution in [3.05, 3.63) is 36.5 Å². The first-order valence-electron chi connectivity index (χ1n) is 34.5. The summed E-state index contributed by atoms with van der Waals surface area (Å²) in [6.45, 7) is 6.68. The van der Waals surface area contributed by atoms with Gasteiger partial charge in [0.25, 0.3) is 0 Å². The van der Waals surface area contributed by atoms with E-state index in [1.54, 1.807) is 0 Å². The average molecular weight is 1080 g/mol. The van der Waals surface area contributed by atoms with Crippen molar-refractivity contribution in [3.63, 3.8) is 0 Å². The predicted octanol–water partition coefficient (Wildman–Crippen LogP) is 23.6. The van der Waals surface area contributed by atoms with Crippen molar-refractivity contribution in [1.29, 1.82) is 0 Å².